The molecule has 6 aromatic rings. The first-order valence-electron chi connectivity index (χ1n) is 22.3. The molecule has 0 aliphatic rings. The molecule has 2 atom stereocenters. The Bertz CT molecular complexity index is 2740. The molecule has 0 heterocycles. The second kappa shape index (κ2) is 25.2. The highest BCUT2D eigenvalue weighted by atomic mass is 19.4. The van der Waals surface area contributed by atoms with Crippen molar-refractivity contribution in [3.63, 3.8) is 0 Å². The van der Waals surface area contributed by atoms with E-state index in [1.54, 1.807) is 104 Å². The molecule has 2 unspecified atom stereocenters. The highest BCUT2D eigenvalue weighted by Gasteiger charge is 2.36. The zero-order valence-corrected chi connectivity index (χ0v) is 39.9. The van der Waals surface area contributed by atoms with Gasteiger partial charge in [-0.1, -0.05) is 84.9 Å². The van der Waals surface area contributed by atoms with Crippen LogP contribution in [0, 0.1) is 0 Å². The molecule has 0 fully saturated rings. The van der Waals surface area contributed by atoms with Crippen LogP contribution in [0.4, 0.5) is 37.7 Å². The monoisotopic (exact) mass is 1000 g/mol. The highest BCUT2D eigenvalue weighted by Crippen LogP contribution is 2.36. The maximum absolute atomic E-state index is 14.0. The number of nitrogens with one attached hydrogen (secondary N) is 1. The second-order valence-electron chi connectivity index (χ2n) is 15.9. The lowest BCUT2D eigenvalue weighted by atomic mass is 9.95. The van der Waals surface area contributed by atoms with Gasteiger partial charge in [0.05, 0.1) is 39.6 Å². The van der Waals surface area contributed by atoms with Gasteiger partial charge in [-0.2, -0.15) is 26.3 Å². The minimum absolute atomic E-state index is 0.0241. The molecule has 380 valence electrons. The Morgan fingerprint density at radius 3 is 1.21 bits per heavy atom. The van der Waals surface area contributed by atoms with Gasteiger partial charge in [0.25, 0.3) is 0 Å². The maximum Gasteiger partial charge on any atom is 0.416 e. The van der Waals surface area contributed by atoms with Crippen molar-refractivity contribution in [1.29, 1.82) is 0 Å². The van der Waals surface area contributed by atoms with Crippen LogP contribution in [0.2, 0.25) is 0 Å². The van der Waals surface area contributed by atoms with E-state index in [0.29, 0.717) is 63.2 Å². The molecular weight excluding hydrogens is 949 g/mol. The fraction of sp³-hybridized carbons (Fsp3) is 0.259. The van der Waals surface area contributed by atoms with E-state index in [1.807, 2.05) is 0 Å². The number of hydrogen-bond donors (Lipinski definition) is 2. The number of likely N-dealkylation sites (N-methyl/N-ethyl adjacent to an activating group) is 1. The van der Waals surface area contributed by atoms with Crippen LogP contribution in [-0.2, 0) is 44.4 Å². The molecule has 2 N–H and O–H groups in total. The van der Waals surface area contributed by atoms with Gasteiger partial charge in [-0.25, -0.2) is 0 Å². The Kier molecular flexibility index (Phi) is 19.2. The molecule has 0 aliphatic heterocycles. The third-order valence-corrected chi connectivity index (χ3v) is 11.3. The summed E-state index contributed by atoms with van der Waals surface area (Å²) in [6.45, 7) is 2.25. The first-order chi connectivity index (χ1) is 34.3. The number of rotatable bonds is 19. The summed E-state index contributed by atoms with van der Waals surface area (Å²) in [4.78, 5) is 55.4. The first kappa shape index (κ1) is 54.9. The van der Waals surface area contributed by atoms with Crippen molar-refractivity contribution in [2.75, 3.05) is 57.9 Å². The van der Waals surface area contributed by atoms with Gasteiger partial charge in [0.2, 0.25) is 17.7 Å². The van der Waals surface area contributed by atoms with Gasteiger partial charge < -0.3 is 39.2 Å². The van der Waals surface area contributed by atoms with Crippen LogP contribution in [0.3, 0.4) is 0 Å². The smallest absolute Gasteiger partial charge is 0.416 e. The number of carbonyl (C=O) groups excluding carboxylic acids is 3. The van der Waals surface area contributed by atoms with Crippen LogP contribution >= 0.6 is 0 Å². The van der Waals surface area contributed by atoms with E-state index in [2.05, 4.69) is 5.32 Å². The van der Waals surface area contributed by atoms with Gasteiger partial charge in [0.1, 0.15) is 5.92 Å². The Morgan fingerprint density at radius 2 is 0.875 bits per heavy atom. The summed E-state index contributed by atoms with van der Waals surface area (Å²) in [5.41, 5.74) is 1.31. The summed E-state index contributed by atoms with van der Waals surface area (Å²) in [5, 5.41) is 12.6. The molecule has 18 heteroatoms. The number of carboxylic acids is 1. The van der Waals surface area contributed by atoms with Gasteiger partial charge in [-0.05, 0) is 90.6 Å². The third kappa shape index (κ3) is 14.3. The van der Waals surface area contributed by atoms with Crippen molar-refractivity contribution in [2.45, 2.75) is 44.0 Å². The fourth-order valence-corrected chi connectivity index (χ4v) is 7.60. The Morgan fingerprint density at radius 1 is 0.514 bits per heavy atom. The molecule has 6 rings (SSSR count). The molecule has 6 aromatic carbocycles. The lowest BCUT2D eigenvalue weighted by molar-refractivity contribution is -0.143. The van der Waals surface area contributed by atoms with E-state index < -0.39 is 59.0 Å². The van der Waals surface area contributed by atoms with Crippen molar-refractivity contribution in [1.82, 2.24) is 5.32 Å². The summed E-state index contributed by atoms with van der Waals surface area (Å²) < 4.78 is 98.8. The summed E-state index contributed by atoms with van der Waals surface area (Å²) in [5.74, 6) is -3.92. The number of carboxylic acid groups (broad SMARTS) is 1. The van der Waals surface area contributed by atoms with Crippen molar-refractivity contribution < 1.29 is 69.6 Å². The van der Waals surface area contributed by atoms with Crippen molar-refractivity contribution in [3.8, 4) is 23.0 Å². The Balaban J connectivity index is 0.000000268. The minimum Gasteiger partial charge on any atom is -0.493 e. The largest absolute Gasteiger partial charge is 0.493 e. The Labute approximate surface area is 412 Å². The Hall–Kier alpha value is -8.02. The van der Waals surface area contributed by atoms with Gasteiger partial charge in [0.15, 0.2) is 28.9 Å². The summed E-state index contributed by atoms with van der Waals surface area (Å²) in [6, 6.07) is 35.9. The summed E-state index contributed by atoms with van der Waals surface area (Å²) in [7, 11) is 5.85. The van der Waals surface area contributed by atoms with Crippen LogP contribution in [-0.4, -0.2) is 76.9 Å². The summed E-state index contributed by atoms with van der Waals surface area (Å²) >= 11 is 0. The van der Waals surface area contributed by atoms with Crippen molar-refractivity contribution in [3.05, 3.63) is 179 Å². The third-order valence-electron chi connectivity index (χ3n) is 11.3. The molecule has 0 spiro atoms. The molecule has 12 nitrogen and oxygen atoms in total. The number of amides is 3. The number of anilines is 2. The van der Waals surface area contributed by atoms with Gasteiger partial charge in [-0.15, -0.1) is 0 Å². The van der Waals surface area contributed by atoms with E-state index in [4.69, 9.17) is 18.9 Å². The molecule has 0 aromatic heterocycles. The molecule has 0 saturated heterocycles. The zero-order chi connectivity index (χ0) is 52.6. The number of ether oxygens (including phenoxy) is 4. The van der Waals surface area contributed by atoms with E-state index in [1.165, 1.54) is 62.5 Å². The number of methoxy groups -OCH3 is 4. The topological polar surface area (TPSA) is 144 Å². The van der Waals surface area contributed by atoms with E-state index in [-0.39, 0.29) is 25.9 Å². The van der Waals surface area contributed by atoms with E-state index >= 15 is 0 Å². The second-order valence-corrected chi connectivity index (χ2v) is 15.9. The number of benzene rings is 6. The van der Waals surface area contributed by atoms with Crippen LogP contribution in [0.25, 0.3) is 0 Å². The molecule has 0 bridgehead atoms. The molecule has 72 heavy (non-hydrogen) atoms. The maximum atomic E-state index is 14.0. The highest BCUT2D eigenvalue weighted by molar-refractivity contribution is 6.12. The van der Waals surface area contributed by atoms with Crippen LogP contribution in [0.1, 0.15) is 52.1 Å². The number of alkyl halides is 6. The normalized spacial score (nSPS) is 12.0. The molecule has 0 saturated carbocycles. The lowest BCUT2D eigenvalue weighted by Crippen LogP contribution is -2.43. The fourth-order valence-electron chi connectivity index (χ4n) is 7.60. The van der Waals surface area contributed by atoms with Crippen molar-refractivity contribution >= 4 is 35.1 Å². The van der Waals surface area contributed by atoms with Gasteiger partial charge in [0, 0.05) is 43.1 Å². The number of carbonyl (C=O) groups is 4. The van der Waals surface area contributed by atoms with E-state index in [0.717, 1.165) is 24.3 Å². The van der Waals surface area contributed by atoms with Crippen molar-refractivity contribution in [2.24, 2.45) is 0 Å². The quantitative estimate of drug-likeness (QED) is 0.0599. The number of aliphatic carboxylic acids is 1. The number of hydrogen-bond acceptors (Lipinski definition) is 8. The first-order valence-corrected chi connectivity index (χ1v) is 22.3. The molecule has 3 amide bonds. The molecule has 0 aliphatic carbocycles. The van der Waals surface area contributed by atoms with Gasteiger partial charge in [-0.3, -0.25) is 19.2 Å². The molecular formula is C54H53F6N3O9. The average Bonchev–Trinajstić information content (AvgIpc) is 3.37. The predicted molar refractivity (Wildman–Crippen MR) is 259 cm³/mol. The predicted octanol–water partition coefficient (Wildman–Crippen LogP) is 10.4. The SMILES string of the molecule is CCNC(=O)C(C(=O)N(CCc1ccc(C(F)(F)F)cc1)c1ccc(OC)c(OC)c1)c1ccccc1.COc1ccc(N(CCc2ccc(C(F)(F)F)cc2)C(=O)C(C(=O)O)c2ccccc2)cc1OC. The standard InChI is InChI=1S/C28H29F3N2O4.C26H24F3NO5/c1-4-32-26(34)25(20-8-6-5-7-9-20)27(35)33(22-14-15-23(36-2)24(18-22)37-3)17-16-19-10-12-21(13-11-19)28(29,30)31;1-34-21-13-12-20(16-22(21)35-2)30(15-14-17-8-10-19(11-9-17)26(27,28)29)24(31)23(25(32)33)18-6-4-3-5-7-18/h5-15,18,25H,4,16-17H2,1-3H3,(H,32,34);3-13,16,23H,14-15H2,1-2H3,(H,32,33). The number of halogens is 6. The van der Waals surface area contributed by atoms with Crippen LogP contribution in [0.5, 0.6) is 23.0 Å². The van der Waals surface area contributed by atoms with E-state index in [9.17, 15) is 50.6 Å². The minimum atomic E-state index is -4.45. The van der Waals surface area contributed by atoms with Gasteiger partial charge >= 0.3 is 18.3 Å². The van der Waals surface area contributed by atoms with Crippen LogP contribution in [0.15, 0.2) is 146 Å². The lowest BCUT2D eigenvalue weighted by Gasteiger charge is -2.28. The summed E-state index contributed by atoms with van der Waals surface area (Å²) in [6.07, 6.45) is -8.44. The molecule has 0 radical (unpaired) electrons. The average molecular weight is 1000 g/mol. The number of nitrogens with zero attached hydrogens (tertiary/aromatic N) is 2. The zero-order valence-electron chi connectivity index (χ0n) is 39.9. The van der Waals surface area contributed by atoms with Crippen LogP contribution < -0.4 is 34.1 Å².